The molecule has 10 nitrogen and oxygen atoms in total. The second-order valence-corrected chi connectivity index (χ2v) is 3.84. The fourth-order valence-electron chi connectivity index (χ4n) is 0.215. The maximum Gasteiger partial charge on any atom is 0.466 e. The number of nitrogens with one attached hydrogen (secondary N) is 1. The lowest BCUT2D eigenvalue weighted by Gasteiger charge is -1.82. The largest absolute Gasteiger partial charge is 0.466 e. The molecular weight excluding hydrogens is 254 g/mol. The summed E-state index contributed by atoms with van der Waals surface area (Å²) < 4.78 is 17.8. The van der Waals surface area contributed by atoms with Gasteiger partial charge in [0.2, 0.25) is 0 Å². The van der Waals surface area contributed by atoms with Crippen molar-refractivity contribution in [1.82, 2.24) is 9.97 Å². The van der Waals surface area contributed by atoms with Crippen molar-refractivity contribution in [1.29, 1.82) is 0 Å². The van der Waals surface area contributed by atoms with Gasteiger partial charge in [-0.1, -0.05) is 0 Å². The van der Waals surface area contributed by atoms with Gasteiger partial charge >= 0.3 is 15.6 Å². The quantitative estimate of drug-likeness (QED) is 0.275. The van der Waals surface area contributed by atoms with Crippen LogP contribution in [-0.2, 0) is 9.13 Å². The van der Waals surface area contributed by atoms with Gasteiger partial charge < -0.3 is 34.3 Å². The summed E-state index contributed by atoms with van der Waals surface area (Å²) in [7, 11) is -9.28. The van der Waals surface area contributed by atoms with Gasteiger partial charge in [0.25, 0.3) is 0 Å². The number of aromatic nitrogens is 2. The molecule has 0 radical (unpaired) electrons. The zero-order valence-electron chi connectivity index (χ0n) is 7.07. The molecule has 0 amide bonds. The van der Waals surface area contributed by atoms with Crippen molar-refractivity contribution in [2.24, 2.45) is 0 Å². The first kappa shape index (κ1) is 16.8. The van der Waals surface area contributed by atoms with Crippen LogP contribution in [-0.4, -0.2) is 39.3 Å². The minimum absolute atomic E-state index is 1.62. The van der Waals surface area contributed by atoms with Gasteiger partial charge in [0.05, 0.1) is 6.33 Å². The van der Waals surface area contributed by atoms with E-state index in [0.29, 0.717) is 0 Å². The topological polar surface area (TPSA) is 184 Å². The summed E-state index contributed by atoms with van der Waals surface area (Å²) in [4.78, 5) is 49.5. The van der Waals surface area contributed by atoms with Gasteiger partial charge in [-0.2, -0.15) is 0 Å². The average molecular weight is 264 g/mol. The fraction of sp³-hybridized carbons (Fsp3) is 0. The van der Waals surface area contributed by atoms with E-state index in [2.05, 4.69) is 9.97 Å². The average Bonchev–Trinajstić information content (AvgIpc) is 2.28. The lowest BCUT2D eigenvalue weighted by atomic mass is 11.0. The molecule has 0 fully saturated rings. The fourth-order valence-corrected chi connectivity index (χ4v) is 0.215. The van der Waals surface area contributed by atoms with Crippen molar-refractivity contribution in [2.45, 2.75) is 0 Å². The summed E-state index contributed by atoms with van der Waals surface area (Å²) >= 11 is 0. The smallest absolute Gasteiger partial charge is 0.351 e. The van der Waals surface area contributed by atoms with Crippen LogP contribution in [0.1, 0.15) is 0 Å². The van der Waals surface area contributed by atoms with Gasteiger partial charge in [0, 0.05) is 12.4 Å². The van der Waals surface area contributed by atoms with E-state index in [1.165, 1.54) is 0 Å². The Hall–Kier alpha value is -0.570. The Labute approximate surface area is 83.7 Å². The van der Waals surface area contributed by atoms with E-state index < -0.39 is 15.6 Å². The van der Waals surface area contributed by atoms with Gasteiger partial charge in [0.15, 0.2) is 0 Å². The summed E-state index contributed by atoms with van der Waals surface area (Å²) in [5.74, 6) is 0. The van der Waals surface area contributed by atoms with E-state index in [1.54, 1.807) is 18.7 Å². The predicted molar refractivity (Wildman–Crippen MR) is 47.1 cm³/mol. The third-order valence-electron chi connectivity index (χ3n) is 0.406. The van der Waals surface area contributed by atoms with E-state index >= 15 is 0 Å². The standard InChI is InChI=1S/C3H4N2.2H3O4P/c1-2-5-3-4-1;2*1-5(2,3)4/h1-3H,(H,4,5);2*(H3,1,2,3,4). The number of rotatable bonds is 0. The Morgan fingerprint density at radius 3 is 1.33 bits per heavy atom. The Morgan fingerprint density at radius 2 is 1.27 bits per heavy atom. The van der Waals surface area contributed by atoms with Crippen LogP contribution in [0.2, 0.25) is 0 Å². The van der Waals surface area contributed by atoms with Crippen LogP contribution in [0.4, 0.5) is 0 Å². The Balaban J connectivity index is 0. The van der Waals surface area contributed by atoms with Crippen LogP contribution in [0.25, 0.3) is 0 Å². The highest BCUT2D eigenvalue weighted by molar-refractivity contribution is 7.45. The van der Waals surface area contributed by atoms with Crippen LogP contribution in [0, 0.1) is 0 Å². The number of hydrogen-bond donors (Lipinski definition) is 7. The van der Waals surface area contributed by atoms with E-state index in [4.69, 9.17) is 38.5 Å². The predicted octanol–water partition coefficient (Wildman–Crippen LogP) is -1.45. The van der Waals surface area contributed by atoms with Gasteiger partial charge in [-0.25, -0.2) is 14.1 Å². The maximum atomic E-state index is 8.88. The molecule has 0 unspecified atom stereocenters. The number of aromatic amines is 1. The molecule has 0 aliphatic carbocycles. The molecule has 0 aromatic carbocycles. The molecule has 15 heavy (non-hydrogen) atoms. The molecule has 0 atom stereocenters. The van der Waals surface area contributed by atoms with Crippen molar-refractivity contribution in [3.8, 4) is 0 Å². The highest BCUT2D eigenvalue weighted by Crippen LogP contribution is 2.26. The minimum Gasteiger partial charge on any atom is -0.351 e. The molecule has 0 aliphatic heterocycles. The molecule has 1 aromatic rings. The molecule has 0 bridgehead atoms. The van der Waals surface area contributed by atoms with Crippen LogP contribution in [0.3, 0.4) is 0 Å². The van der Waals surface area contributed by atoms with Gasteiger partial charge in [0.1, 0.15) is 0 Å². The van der Waals surface area contributed by atoms with Gasteiger partial charge in [-0.3, -0.25) is 0 Å². The Morgan fingerprint density at radius 1 is 0.933 bits per heavy atom. The van der Waals surface area contributed by atoms with Crippen LogP contribution < -0.4 is 0 Å². The zero-order valence-corrected chi connectivity index (χ0v) is 8.86. The zero-order chi connectivity index (χ0) is 12.5. The summed E-state index contributed by atoms with van der Waals surface area (Å²) in [6.07, 6.45) is 5.08. The second kappa shape index (κ2) is 7.69. The highest BCUT2D eigenvalue weighted by atomic mass is 31.2. The van der Waals surface area contributed by atoms with Gasteiger partial charge in [-0.15, -0.1) is 0 Å². The van der Waals surface area contributed by atoms with E-state index in [9.17, 15) is 0 Å². The third-order valence-corrected chi connectivity index (χ3v) is 0.406. The lowest BCUT2D eigenvalue weighted by molar-refractivity contribution is 0.272. The summed E-state index contributed by atoms with van der Waals surface area (Å²) in [6, 6.07) is 0. The van der Waals surface area contributed by atoms with Crippen molar-refractivity contribution >= 4 is 15.6 Å². The molecule has 0 aliphatic rings. The van der Waals surface area contributed by atoms with E-state index in [0.717, 1.165) is 0 Å². The number of nitrogens with zero attached hydrogens (tertiary/aromatic N) is 1. The molecule has 90 valence electrons. The highest BCUT2D eigenvalue weighted by Gasteiger charge is 2.00. The monoisotopic (exact) mass is 264 g/mol. The third kappa shape index (κ3) is 89.4. The first-order valence-corrected chi connectivity index (χ1v) is 6.12. The molecule has 0 spiro atoms. The van der Waals surface area contributed by atoms with Crippen molar-refractivity contribution in [2.75, 3.05) is 0 Å². The molecule has 0 saturated carbocycles. The molecule has 1 heterocycles. The first-order chi connectivity index (χ1) is 6.50. The molecule has 1 rings (SSSR count). The Bertz CT molecular complexity index is 259. The van der Waals surface area contributed by atoms with Crippen LogP contribution in [0.15, 0.2) is 18.7 Å². The number of imidazole rings is 1. The van der Waals surface area contributed by atoms with Gasteiger partial charge in [-0.05, 0) is 0 Å². The van der Waals surface area contributed by atoms with E-state index in [1.807, 2.05) is 0 Å². The van der Waals surface area contributed by atoms with Crippen LogP contribution in [0.5, 0.6) is 0 Å². The number of phosphoric acid groups is 2. The molecule has 1 aromatic heterocycles. The SMILES string of the molecule is O=P(O)(O)O.O=P(O)(O)O.c1c[nH]cn1. The normalized spacial score (nSPS) is 10.5. The number of H-pyrrole nitrogens is 1. The number of hydrogen-bond acceptors (Lipinski definition) is 3. The molecule has 0 saturated heterocycles. The maximum absolute atomic E-state index is 8.88. The second-order valence-electron chi connectivity index (χ2n) is 1.79. The van der Waals surface area contributed by atoms with Crippen molar-refractivity contribution in [3.63, 3.8) is 0 Å². The summed E-state index contributed by atoms with van der Waals surface area (Å²) in [6.45, 7) is 0. The van der Waals surface area contributed by atoms with Crippen molar-refractivity contribution in [3.05, 3.63) is 18.7 Å². The summed E-state index contributed by atoms with van der Waals surface area (Å²) in [5.41, 5.74) is 0. The van der Waals surface area contributed by atoms with Crippen LogP contribution >= 0.6 is 15.6 Å². The molecule has 12 heteroatoms. The molecular formula is C3H10N2O8P2. The Kier molecular flexibility index (Phi) is 8.63. The summed E-state index contributed by atoms with van der Waals surface area (Å²) in [5, 5.41) is 0. The first-order valence-electron chi connectivity index (χ1n) is 2.99. The van der Waals surface area contributed by atoms with Crippen molar-refractivity contribution < 1.29 is 38.5 Å². The lowest BCUT2D eigenvalue weighted by Crippen LogP contribution is -1.66. The molecule has 7 N–H and O–H groups in total. The minimum atomic E-state index is -4.64. The van der Waals surface area contributed by atoms with E-state index in [-0.39, 0.29) is 0 Å².